The van der Waals surface area contributed by atoms with Crippen molar-refractivity contribution in [2.45, 2.75) is 32.4 Å². The van der Waals surface area contributed by atoms with Crippen molar-refractivity contribution in [1.82, 2.24) is 10.2 Å². The van der Waals surface area contributed by atoms with Gasteiger partial charge in [-0.15, -0.1) is 12.4 Å². The average Bonchev–Trinajstić information content (AvgIpc) is 3.21. The first kappa shape index (κ1) is 16.0. The molecule has 0 heterocycles. The minimum atomic E-state index is 0. The molecule has 106 valence electrons. The summed E-state index contributed by atoms with van der Waals surface area (Å²) in [4.78, 5) is 14.2. The highest BCUT2D eigenvalue weighted by molar-refractivity contribution is 5.85. The van der Waals surface area contributed by atoms with E-state index < -0.39 is 0 Å². The number of hydrogen-bond acceptors (Lipinski definition) is 2. The molecule has 0 radical (unpaired) electrons. The fourth-order valence-electron chi connectivity index (χ4n) is 2.33. The highest BCUT2D eigenvalue weighted by Crippen LogP contribution is 2.35. The Hall–Kier alpha value is -1.06. The van der Waals surface area contributed by atoms with E-state index in [4.69, 9.17) is 0 Å². The smallest absolute Gasteiger partial charge is 0.237 e. The lowest BCUT2D eigenvalue weighted by atomic mass is 10.1. The van der Waals surface area contributed by atoms with E-state index in [1.165, 1.54) is 18.4 Å². The molecule has 0 aromatic heterocycles. The number of amides is 1. The van der Waals surface area contributed by atoms with Crippen LogP contribution in [0.4, 0.5) is 0 Å². The Kier molecular flexibility index (Phi) is 6.32. The van der Waals surface area contributed by atoms with Crippen LogP contribution < -0.4 is 5.32 Å². The maximum atomic E-state index is 12.2. The summed E-state index contributed by atoms with van der Waals surface area (Å²) >= 11 is 0. The quantitative estimate of drug-likeness (QED) is 0.869. The zero-order valence-corrected chi connectivity index (χ0v) is 12.5. The third kappa shape index (κ3) is 4.51. The van der Waals surface area contributed by atoms with E-state index in [1.807, 2.05) is 30.1 Å². The largest absolute Gasteiger partial charge is 0.334 e. The zero-order valence-electron chi connectivity index (χ0n) is 11.6. The van der Waals surface area contributed by atoms with Gasteiger partial charge in [0.05, 0.1) is 6.54 Å². The van der Waals surface area contributed by atoms with Gasteiger partial charge in [0.25, 0.3) is 0 Å². The van der Waals surface area contributed by atoms with Gasteiger partial charge in [0, 0.05) is 12.6 Å². The highest BCUT2D eigenvalue weighted by atomic mass is 35.5. The molecule has 0 bridgehead atoms. The monoisotopic (exact) mass is 282 g/mol. The number of carbonyl (C=O) groups is 1. The van der Waals surface area contributed by atoms with Crippen LogP contribution in [0.25, 0.3) is 0 Å². The van der Waals surface area contributed by atoms with E-state index in [-0.39, 0.29) is 18.3 Å². The number of nitrogens with zero attached hydrogens (tertiary/aromatic N) is 1. The molecule has 1 unspecified atom stereocenters. The second-order valence-electron chi connectivity index (χ2n) is 5.12. The Morgan fingerprint density at radius 2 is 2.00 bits per heavy atom. The summed E-state index contributed by atoms with van der Waals surface area (Å²) < 4.78 is 0. The first-order chi connectivity index (χ1) is 8.72. The standard InChI is InChI=1S/C15H22N2O.ClH/c1-12(14-8-9-14)17(15(18)10-16-2)11-13-6-4-3-5-7-13;/h3-7,12,14,16H,8-11H2,1-2H3;1H. The molecule has 1 aromatic carbocycles. The highest BCUT2D eigenvalue weighted by Gasteiger charge is 2.33. The van der Waals surface area contributed by atoms with Crippen LogP contribution in [0, 0.1) is 5.92 Å². The van der Waals surface area contributed by atoms with E-state index in [0.717, 1.165) is 6.54 Å². The Balaban J connectivity index is 0.00000180. The molecule has 1 saturated carbocycles. The van der Waals surface area contributed by atoms with Crippen LogP contribution in [0.1, 0.15) is 25.3 Å². The normalized spacial score (nSPS) is 15.5. The summed E-state index contributed by atoms with van der Waals surface area (Å²) in [6.07, 6.45) is 2.53. The summed E-state index contributed by atoms with van der Waals surface area (Å²) in [6, 6.07) is 10.6. The molecular weight excluding hydrogens is 260 g/mol. The molecule has 0 saturated heterocycles. The summed E-state index contributed by atoms with van der Waals surface area (Å²) in [5, 5.41) is 2.96. The van der Waals surface area contributed by atoms with Gasteiger partial charge >= 0.3 is 0 Å². The van der Waals surface area contributed by atoms with E-state index in [2.05, 4.69) is 24.4 Å². The van der Waals surface area contributed by atoms with Crippen molar-refractivity contribution in [1.29, 1.82) is 0 Å². The van der Waals surface area contributed by atoms with E-state index in [1.54, 1.807) is 0 Å². The number of likely N-dealkylation sites (N-methyl/N-ethyl adjacent to an activating group) is 1. The van der Waals surface area contributed by atoms with Gasteiger partial charge in [0.2, 0.25) is 5.91 Å². The van der Waals surface area contributed by atoms with E-state index in [0.29, 0.717) is 18.5 Å². The molecule has 1 aliphatic carbocycles. The molecule has 19 heavy (non-hydrogen) atoms. The predicted octanol–water partition coefficient (Wildman–Crippen LogP) is 2.45. The molecule has 1 amide bonds. The lowest BCUT2D eigenvalue weighted by molar-refractivity contribution is -0.133. The van der Waals surface area contributed by atoms with Crippen LogP contribution in [0.5, 0.6) is 0 Å². The molecule has 1 aromatic rings. The van der Waals surface area contributed by atoms with Crippen molar-refractivity contribution in [2.24, 2.45) is 5.92 Å². The number of carbonyl (C=O) groups excluding carboxylic acids is 1. The Labute approximate surface area is 121 Å². The maximum absolute atomic E-state index is 12.2. The van der Waals surface area contributed by atoms with E-state index in [9.17, 15) is 4.79 Å². The van der Waals surface area contributed by atoms with Crippen molar-refractivity contribution in [2.75, 3.05) is 13.6 Å². The van der Waals surface area contributed by atoms with Crippen molar-refractivity contribution >= 4 is 18.3 Å². The number of benzene rings is 1. The average molecular weight is 283 g/mol. The lowest BCUT2D eigenvalue weighted by Gasteiger charge is -2.29. The fourth-order valence-corrected chi connectivity index (χ4v) is 2.33. The van der Waals surface area contributed by atoms with Crippen LogP contribution in [0.2, 0.25) is 0 Å². The minimum Gasteiger partial charge on any atom is -0.334 e. The Morgan fingerprint density at radius 1 is 1.37 bits per heavy atom. The third-order valence-corrected chi connectivity index (χ3v) is 3.64. The summed E-state index contributed by atoms with van der Waals surface area (Å²) in [5.74, 6) is 0.898. The second-order valence-corrected chi connectivity index (χ2v) is 5.12. The molecule has 2 rings (SSSR count). The number of halogens is 1. The fraction of sp³-hybridized carbons (Fsp3) is 0.533. The molecular formula is C15H23ClN2O. The topological polar surface area (TPSA) is 32.3 Å². The van der Waals surface area contributed by atoms with Gasteiger partial charge in [-0.05, 0) is 38.3 Å². The van der Waals surface area contributed by atoms with Gasteiger partial charge < -0.3 is 10.2 Å². The number of rotatable bonds is 6. The zero-order chi connectivity index (χ0) is 13.0. The Morgan fingerprint density at radius 3 is 2.53 bits per heavy atom. The van der Waals surface area contributed by atoms with Gasteiger partial charge in [-0.3, -0.25) is 4.79 Å². The van der Waals surface area contributed by atoms with Crippen molar-refractivity contribution in [3.63, 3.8) is 0 Å². The molecule has 1 atom stereocenters. The summed E-state index contributed by atoms with van der Waals surface area (Å²) in [5.41, 5.74) is 1.20. The van der Waals surface area contributed by atoms with Crippen LogP contribution in [0.15, 0.2) is 30.3 Å². The van der Waals surface area contributed by atoms with Gasteiger partial charge in [-0.2, -0.15) is 0 Å². The van der Waals surface area contributed by atoms with Crippen LogP contribution in [-0.4, -0.2) is 30.4 Å². The molecule has 0 aliphatic heterocycles. The van der Waals surface area contributed by atoms with E-state index >= 15 is 0 Å². The first-order valence-electron chi connectivity index (χ1n) is 6.70. The summed E-state index contributed by atoms with van der Waals surface area (Å²) in [7, 11) is 1.82. The Bertz CT molecular complexity index is 392. The number of hydrogen-bond donors (Lipinski definition) is 1. The molecule has 1 fully saturated rings. The van der Waals surface area contributed by atoms with Crippen LogP contribution in [0.3, 0.4) is 0 Å². The molecule has 0 spiro atoms. The van der Waals surface area contributed by atoms with Crippen LogP contribution in [-0.2, 0) is 11.3 Å². The van der Waals surface area contributed by atoms with Gasteiger partial charge in [-0.1, -0.05) is 30.3 Å². The molecule has 4 heteroatoms. The third-order valence-electron chi connectivity index (χ3n) is 3.64. The molecule has 3 nitrogen and oxygen atoms in total. The first-order valence-corrected chi connectivity index (χ1v) is 6.70. The summed E-state index contributed by atoms with van der Waals surface area (Å²) in [6.45, 7) is 3.32. The molecule has 1 N–H and O–H groups in total. The van der Waals surface area contributed by atoms with Crippen LogP contribution >= 0.6 is 12.4 Å². The van der Waals surface area contributed by atoms with Gasteiger partial charge in [0.15, 0.2) is 0 Å². The molecule has 1 aliphatic rings. The predicted molar refractivity (Wildman–Crippen MR) is 80.4 cm³/mol. The van der Waals surface area contributed by atoms with Crippen molar-refractivity contribution in [3.05, 3.63) is 35.9 Å². The lowest BCUT2D eigenvalue weighted by Crippen LogP contribution is -2.43. The van der Waals surface area contributed by atoms with Gasteiger partial charge in [-0.25, -0.2) is 0 Å². The SMILES string of the molecule is CNCC(=O)N(Cc1ccccc1)C(C)C1CC1.Cl. The van der Waals surface area contributed by atoms with Crippen molar-refractivity contribution in [3.8, 4) is 0 Å². The van der Waals surface area contributed by atoms with Crippen molar-refractivity contribution < 1.29 is 4.79 Å². The minimum absolute atomic E-state index is 0. The second kappa shape index (κ2) is 7.51. The van der Waals surface area contributed by atoms with Gasteiger partial charge in [0.1, 0.15) is 0 Å². The number of nitrogens with one attached hydrogen (secondary N) is 1. The maximum Gasteiger partial charge on any atom is 0.237 e.